The van der Waals surface area contributed by atoms with E-state index in [2.05, 4.69) is 0 Å². The van der Waals surface area contributed by atoms with E-state index in [0.29, 0.717) is 0 Å². The van der Waals surface area contributed by atoms with E-state index in [0.717, 1.165) is 0 Å². The summed E-state index contributed by atoms with van der Waals surface area (Å²) in [5.74, 6) is -0.763. The van der Waals surface area contributed by atoms with Gasteiger partial charge < -0.3 is 5.11 Å². The molecule has 0 rings (SSSR count). The molecule has 62 valence electrons. The average molecular weight is 181 g/mol. The van der Waals surface area contributed by atoms with Gasteiger partial charge in [-0.05, 0) is 0 Å². The van der Waals surface area contributed by atoms with Crippen molar-refractivity contribution >= 4 is 11.6 Å². The van der Waals surface area contributed by atoms with Crippen LogP contribution in [0.3, 0.4) is 0 Å². The van der Waals surface area contributed by atoms with Crippen LogP contribution in [-0.4, -0.2) is 29.4 Å². The third-order valence-electron chi connectivity index (χ3n) is 0.809. The molecule has 0 bridgehead atoms. The van der Waals surface area contributed by atoms with Crippen LogP contribution in [0.5, 0.6) is 0 Å². The van der Waals surface area contributed by atoms with Crippen LogP contribution in [-0.2, 0) is 0 Å². The lowest BCUT2D eigenvalue weighted by Gasteiger charge is -2.15. The van der Waals surface area contributed by atoms with Crippen LogP contribution in [0.15, 0.2) is 0 Å². The van der Waals surface area contributed by atoms with Gasteiger partial charge in [-0.15, -0.1) is 11.6 Å². The Morgan fingerprint density at radius 1 is 1.40 bits per heavy atom. The van der Waals surface area contributed by atoms with Crippen LogP contribution in [0, 0.1) is 0 Å². The van der Waals surface area contributed by atoms with E-state index in [-0.39, 0.29) is 0 Å². The normalized spacial score (nSPS) is 18.6. The second kappa shape index (κ2) is 3.39. The molecule has 1 N–H and O–H groups in total. The minimum absolute atomic E-state index is 0.763. The Hall–Kier alpha value is -0.0300. The summed E-state index contributed by atoms with van der Waals surface area (Å²) in [6, 6.07) is 0. The molecular weight excluding hydrogens is 175 g/mol. The number of aliphatic hydroxyl groups is 1. The van der Waals surface area contributed by atoms with Gasteiger partial charge in [0.05, 0.1) is 5.88 Å². The molecule has 0 aliphatic carbocycles. The summed E-state index contributed by atoms with van der Waals surface area (Å²) in [7, 11) is 0. The third kappa shape index (κ3) is 2.70. The van der Waals surface area contributed by atoms with Crippen LogP contribution >= 0.6 is 11.6 Å². The molecule has 10 heavy (non-hydrogen) atoms. The minimum atomic E-state index is -5.02. The molecule has 0 heterocycles. The Bertz CT molecular complexity index is 104. The van der Waals surface area contributed by atoms with Crippen LogP contribution in [0.2, 0.25) is 0 Å². The highest BCUT2D eigenvalue weighted by molar-refractivity contribution is 6.18. The number of aliphatic hydroxyl groups excluding tert-OH is 1. The number of rotatable bonds is 2. The maximum Gasteiger partial charge on any atom is 0.422 e. The first-order valence-corrected chi connectivity index (χ1v) is 2.88. The third-order valence-corrected chi connectivity index (χ3v) is 1.12. The quantitative estimate of drug-likeness (QED) is 0.504. The molecule has 0 radical (unpaired) electrons. The van der Waals surface area contributed by atoms with Crippen molar-refractivity contribution in [3.63, 3.8) is 0 Å². The minimum Gasteiger partial charge on any atom is -0.388 e. The van der Waals surface area contributed by atoms with Crippen molar-refractivity contribution in [2.75, 3.05) is 5.88 Å². The van der Waals surface area contributed by atoms with Crippen molar-refractivity contribution in [2.45, 2.75) is 18.5 Å². The highest BCUT2D eigenvalue weighted by atomic mass is 35.5. The summed E-state index contributed by atoms with van der Waals surface area (Å²) in [5, 5.41) is 8.24. The van der Waals surface area contributed by atoms with Gasteiger partial charge in [-0.3, -0.25) is 0 Å². The lowest BCUT2D eigenvalue weighted by atomic mass is 10.2. The van der Waals surface area contributed by atoms with E-state index in [1.54, 1.807) is 0 Å². The fourth-order valence-corrected chi connectivity index (χ4v) is 0.453. The van der Waals surface area contributed by atoms with Gasteiger partial charge in [0.2, 0.25) is 6.17 Å². The molecule has 0 aromatic rings. The first-order valence-electron chi connectivity index (χ1n) is 2.34. The number of alkyl halides is 5. The average Bonchev–Trinajstić information content (AvgIpc) is 1.83. The second-order valence-corrected chi connectivity index (χ2v) is 1.97. The lowest BCUT2D eigenvalue weighted by molar-refractivity contribution is -0.202. The zero-order valence-electron chi connectivity index (χ0n) is 4.70. The summed E-state index contributed by atoms with van der Waals surface area (Å²) in [6.07, 6.45) is -10.4. The highest BCUT2D eigenvalue weighted by Crippen LogP contribution is 2.25. The summed E-state index contributed by atoms with van der Waals surface area (Å²) in [4.78, 5) is 0. The van der Waals surface area contributed by atoms with E-state index in [9.17, 15) is 17.6 Å². The first-order chi connectivity index (χ1) is 4.39. The molecule has 0 spiro atoms. The number of hydrogen-bond acceptors (Lipinski definition) is 1. The molecule has 0 saturated heterocycles. The van der Waals surface area contributed by atoms with Crippen LogP contribution in [0.25, 0.3) is 0 Å². The van der Waals surface area contributed by atoms with Gasteiger partial charge in [0.1, 0.15) is 6.10 Å². The SMILES string of the molecule is OC(CCl)C(F)C(F)(F)F. The second-order valence-electron chi connectivity index (χ2n) is 1.67. The predicted octanol–water partition coefficient (Wildman–Crippen LogP) is 1.49. The Morgan fingerprint density at radius 2 is 1.80 bits per heavy atom. The predicted molar refractivity (Wildman–Crippen MR) is 27.7 cm³/mol. The largest absolute Gasteiger partial charge is 0.422 e. The fraction of sp³-hybridized carbons (Fsp3) is 1.00. The summed E-state index contributed by atoms with van der Waals surface area (Å²) >= 11 is 4.76. The van der Waals surface area contributed by atoms with Gasteiger partial charge in [0, 0.05) is 0 Å². The van der Waals surface area contributed by atoms with Gasteiger partial charge in [-0.2, -0.15) is 13.2 Å². The summed E-state index contributed by atoms with van der Waals surface area (Å²) < 4.78 is 45.7. The molecule has 1 nitrogen and oxygen atoms in total. The van der Waals surface area contributed by atoms with Gasteiger partial charge in [-0.25, -0.2) is 4.39 Å². The molecule has 2 atom stereocenters. The summed E-state index contributed by atoms with van der Waals surface area (Å²) in [5.41, 5.74) is 0. The van der Waals surface area contributed by atoms with E-state index in [1.807, 2.05) is 0 Å². The Balaban J connectivity index is 3.94. The van der Waals surface area contributed by atoms with Gasteiger partial charge in [0.25, 0.3) is 0 Å². The van der Waals surface area contributed by atoms with Crippen molar-refractivity contribution < 1.29 is 22.7 Å². The number of halogens is 5. The molecule has 0 aliphatic rings. The van der Waals surface area contributed by atoms with Crippen molar-refractivity contribution in [3.05, 3.63) is 0 Å². The Morgan fingerprint density at radius 3 is 1.90 bits per heavy atom. The van der Waals surface area contributed by atoms with Crippen molar-refractivity contribution in [1.82, 2.24) is 0 Å². The summed E-state index contributed by atoms with van der Waals surface area (Å²) in [6.45, 7) is 0. The van der Waals surface area contributed by atoms with E-state index in [4.69, 9.17) is 16.7 Å². The monoisotopic (exact) mass is 180 g/mol. The standard InChI is InChI=1S/C4H5ClF4O/c5-1-2(10)3(6)4(7,8)9/h2-3,10H,1H2. The molecule has 0 fully saturated rings. The van der Waals surface area contributed by atoms with Crippen molar-refractivity contribution in [3.8, 4) is 0 Å². The zero-order valence-corrected chi connectivity index (χ0v) is 5.45. The maximum absolute atomic E-state index is 11.8. The molecule has 0 amide bonds. The zero-order chi connectivity index (χ0) is 8.36. The smallest absolute Gasteiger partial charge is 0.388 e. The topological polar surface area (TPSA) is 20.2 Å². The number of hydrogen-bond donors (Lipinski definition) is 1. The Labute approximate surface area is 59.6 Å². The molecule has 0 saturated carbocycles. The van der Waals surface area contributed by atoms with Gasteiger partial charge in [-0.1, -0.05) is 0 Å². The highest BCUT2D eigenvalue weighted by Gasteiger charge is 2.44. The molecule has 0 aromatic heterocycles. The van der Waals surface area contributed by atoms with Crippen LogP contribution in [0.4, 0.5) is 17.6 Å². The van der Waals surface area contributed by atoms with Gasteiger partial charge in [0.15, 0.2) is 0 Å². The van der Waals surface area contributed by atoms with Crippen LogP contribution in [0.1, 0.15) is 0 Å². The molecule has 0 aromatic carbocycles. The van der Waals surface area contributed by atoms with E-state index in [1.165, 1.54) is 0 Å². The maximum atomic E-state index is 11.8. The van der Waals surface area contributed by atoms with Crippen molar-refractivity contribution in [1.29, 1.82) is 0 Å². The molecule has 0 aliphatic heterocycles. The molecule has 2 unspecified atom stereocenters. The first kappa shape index (κ1) is 9.97. The molecular formula is C4H5ClF4O. The molecule has 6 heteroatoms. The van der Waals surface area contributed by atoms with Crippen LogP contribution < -0.4 is 0 Å². The fourth-order valence-electron chi connectivity index (χ4n) is 0.296. The van der Waals surface area contributed by atoms with E-state index >= 15 is 0 Å². The lowest BCUT2D eigenvalue weighted by Crippen LogP contribution is -2.37. The van der Waals surface area contributed by atoms with Crippen molar-refractivity contribution in [2.24, 2.45) is 0 Å². The van der Waals surface area contributed by atoms with Gasteiger partial charge >= 0.3 is 6.18 Å². The Kier molecular flexibility index (Phi) is 3.38. The van der Waals surface area contributed by atoms with E-state index < -0.39 is 24.3 Å².